The van der Waals surface area contributed by atoms with Crippen molar-refractivity contribution in [2.24, 2.45) is 5.84 Å². The van der Waals surface area contributed by atoms with E-state index < -0.39 is 10.0 Å². The Morgan fingerprint density at radius 3 is 2.83 bits per heavy atom. The normalized spacial score (nSPS) is 11.8. The van der Waals surface area contributed by atoms with Crippen LogP contribution < -0.4 is 11.3 Å². The van der Waals surface area contributed by atoms with Gasteiger partial charge >= 0.3 is 0 Å². The van der Waals surface area contributed by atoms with Crippen LogP contribution in [-0.2, 0) is 14.8 Å². The SMILES string of the molecule is COCCN(C)S(=O)(=O)c1cc(Br)cnc1NN. The van der Waals surface area contributed by atoms with Gasteiger partial charge in [-0.15, -0.1) is 0 Å². The first-order chi connectivity index (χ1) is 8.43. The Balaban J connectivity index is 3.14. The van der Waals surface area contributed by atoms with Crippen LogP contribution in [0.1, 0.15) is 0 Å². The van der Waals surface area contributed by atoms with E-state index in [1.165, 1.54) is 30.7 Å². The van der Waals surface area contributed by atoms with Crippen molar-refractivity contribution in [3.05, 3.63) is 16.7 Å². The third-order valence-electron chi connectivity index (χ3n) is 2.25. The minimum atomic E-state index is -3.66. The highest BCUT2D eigenvalue weighted by Gasteiger charge is 2.24. The standard InChI is InChI=1S/C9H15BrN4O3S/c1-14(3-4-17-2)18(15,16)8-5-7(10)6-12-9(8)13-11/h5-6H,3-4,11H2,1-2H3,(H,12,13). The van der Waals surface area contributed by atoms with E-state index in [-0.39, 0.29) is 17.3 Å². The smallest absolute Gasteiger partial charge is 0.246 e. The van der Waals surface area contributed by atoms with Crippen LogP contribution in [0.15, 0.2) is 21.6 Å². The number of nitrogens with two attached hydrogens (primary N) is 1. The minimum absolute atomic E-state index is 0.0120. The van der Waals surface area contributed by atoms with Crippen LogP contribution >= 0.6 is 15.9 Å². The van der Waals surface area contributed by atoms with Crippen molar-refractivity contribution in [2.75, 3.05) is 32.7 Å². The largest absolute Gasteiger partial charge is 0.383 e. The van der Waals surface area contributed by atoms with Gasteiger partial charge in [-0.05, 0) is 22.0 Å². The van der Waals surface area contributed by atoms with Gasteiger partial charge in [-0.25, -0.2) is 19.2 Å². The lowest BCUT2D eigenvalue weighted by Crippen LogP contribution is -2.31. The molecule has 0 spiro atoms. The van der Waals surface area contributed by atoms with Crippen LogP contribution in [0.25, 0.3) is 0 Å². The summed E-state index contributed by atoms with van der Waals surface area (Å²) in [6.07, 6.45) is 1.46. The fraction of sp³-hybridized carbons (Fsp3) is 0.444. The molecule has 0 aromatic carbocycles. The molecule has 0 radical (unpaired) electrons. The second-order valence-electron chi connectivity index (χ2n) is 3.46. The Hall–Kier alpha value is -0.740. The molecule has 7 nitrogen and oxygen atoms in total. The van der Waals surface area contributed by atoms with Gasteiger partial charge in [-0.1, -0.05) is 0 Å². The van der Waals surface area contributed by atoms with Crippen molar-refractivity contribution in [3.8, 4) is 0 Å². The lowest BCUT2D eigenvalue weighted by Gasteiger charge is -2.18. The maximum atomic E-state index is 12.3. The fourth-order valence-corrected chi connectivity index (χ4v) is 3.00. The molecule has 0 fully saturated rings. The first kappa shape index (κ1) is 15.3. The summed E-state index contributed by atoms with van der Waals surface area (Å²) < 4.78 is 31.2. The van der Waals surface area contributed by atoms with Crippen LogP contribution in [0.5, 0.6) is 0 Å². The zero-order valence-electron chi connectivity index (χ0n) is 10.1. The van der Waals surface area contributed by atoms with E-state index in [0.29, 0.717) is 11.1 Å². The van der Waals surface area contributed by atoms with Gasteiger partial charge in [0, 0.05) is 31.4 Å². The number of anilines is 1. The highest BCUT2D eigenvalue weighted by Crippen LogP contribution is 2.24. The van der Waals surface area contributed by atoms with Gasteiger partial charge in [0.2, 0.25) is 10.0 Å². The van der Waals surface area contributed by atoms with Crippen molar-refractivity contribution >= 4 is 31.8 Å². The molecule has 1 aromatic rings. The van der Waals surface area contributed by atoms with Crippen LogP contribution in [0.2, 0.25) is 0 Å². The molecule has 102 valence electrons. The molecule has 1 aromatic heterocycles. The number of sulfonamides is 1. The Morgan fingerprint density at radius 2 is 2.28 bits per heavy atom. The lowest BCUT2D eigenvalue weighted by molar-refractivity contribution is 0.185. The molecule has 9 heteroatoms. The van der Waals surface area contributed by atoms with Crippen molar-refractivity contribution < 1.29 is 13.2 Å². The number of hydrogen-bond acceptors (Lipinski definition) is 6. The number of nitrogens with zero attached hydrogens (tertiary/aromatic N) is 2. The first-order valence-corrected chi connectivity index (χ1v) is 7.24. The molecular weight excluding hydrogens is 324 g/mol. The summed E-state index contributed by atoms with van der Waals surface area (Å²) in [6, 6.07) is 1.45. The summed E-state index contributed by atoms with van der Waals surface area (Å²) in [5.41, 5.74) is 2.27. The number of likely N-dealkylation sites (N-methyl/N-ethyl adjacent to an activating group) is 1. The molecule has 18 heavy (non-hydrogen) atoms. The molecule has 0 saturated carbocycles. The van der Waals surface area contributed by atoms with Crippen LogP contribution in [-0.4, -0.2) is 45.0 Å². The molecule has 0 aliphatic heterocycles. The Kier molecular flexibility index (Phi) is 5.47. The van der Waals surface area contributed by atoms with Crippen LogP contribution in [0.4, 0.5) is 5.82 Å². The number of hydrazine groups is 1. The van der Waals surface area contributed by atoms with E-state index in [1.54, 1.807) is 0 Å². The van der Waals surface area contributed by atoms with Gasteiger partial charge in [-0.2, -0.15) is 4.31 Å². The Morgan fingerprint density at radius 1 is 1.61 bits per heavy atom. The molecule has 0 amide bonds. The monoisotopic (exact) mass is 338 g/mol. The maximum Gasteiger partial charge on any atom is 0.246 e. The highest BCUT2D eigenvalue weighted by molar-refractivity contribution is 9.10. The van der Waals surface area contributed by atoms with Crippen molar-refractivity contribution in [1.82, 2.24) is 9.29 Å². The zero-order valence-corrected chi connectivity index (χ0v) is 12.5. The van der Waals surface area contributed by atoms with Gasteiger partial charge in [0.05, 0.1) is 6.61 Å². The summed E-state index contributed by atoms with van der Waals surface area (Å²) in [7, 11) is -0.682. The van der Waals surface area contributed by atoms with E-state index in [9.17, 15) is 8.42 Å². The molecule has 0 atom stereocenters. The predicted octanol–water partition coefficient (Wildman–Crippen LogP) is 0.397. The van der Waals surface area contributed by atoms with E-state index in [0.717, 1.165) is 0 Å². The predicted molar refractivity (Wildman–Crippen MR) is 71.4 cm³/mol. The van der Waals surface area contributed by atoms with Gasteiger partial charge in [-0.3, -0.25) is 0 Å². The molecule has 1 heterocycles. The van der Waals surface area contributed by atoms with E-state index in [1.807, 2.05) is 0 Å². The third kappa shape index (κ3) is 3.39. The molecule has 0 aliphatic carbocycles. The number of aromatic nitrogens is 1. The first-order valence-electron chi connectivity index (χ1n) is 5.01. The molecular formula is C9H15BrN4O3S. The Labute approximate surface area is 114 Å². The van der Waals surface area contributed by atoms with E-state index in [2.05, 4.69) is 26.3 Å². The van der Waals surface area contributed by atoms with Crippen LogP contribution in [0.3, 0.4) is 0 Å². The topological polar surface area (TPSA) is 97.5 Å². The van der Waals surface area contributed by atoms with Gasteiger partial charge in [0.15, 0.2) is 5.82 Å². The van der Waals surface area contributed by atoms with Crippen LogP contribution in [0, 0.1) is 0 Å². The van der Waals surface area contributed by atoms with Gasteiger partial charge < -0.3 is 10.2 Å². The summed E-state index contributed by atoms with van der Waals surface area (Å²) in [4.78, 5) is 3.92. The van der Waals surface area contributed by atoms with Crippen molar-refractivity contribution in [3.63, 3.8) is 0 Å². The van der Waals surface area contributed by atoms with E-state index in [4.69, 9.17) is 10.6 Å². The summed E-state index contributed by atoms with van der Waals surface area (Å²) in [5.74, 6) is 5.36. The summed E-state index contributed by atoms with van der Waals surface area (Å²) in [6.45, 7) is 0.553. The summed E-state index contributed by atoms with van der Waals surface area (Å²) >= 11 is 3.18. The average molecular weight is 339 g/mol. The Bertz CT molecular complexity index is 509. The number of methoxy groups -OCH3 is 1. The fourth-order valence-electron chi connectivity index (χ4n) is 1.23. The number of rotatable bonds is 6. The average Bonchev–Trinajstić information content (AvgIpc) is 2.35. The number of halogens is 1. The molecule has 0 saturated heterocycles. The second-order valence-corrected chi connectivity index (χ2v) is 6.39. The van der Waals surface area contributed by atoms with Gasteiger partial charge in [0.25, 0.3) is 0 Å². The number of pyridine rings is 1. The summed E-state index contributed by atoms with van der Waals surface area (Å²) in [5, 5.41) is 0. The van der Waals surface area contributed by atoms with Crippen molar-refractivity contribution in [2.45, 2.75) is 4.90 Å². The zero-order chi connectivity index (χ0) is 13.8. The number of nitrogen functional groups attached to an aromatic ring is 1. The number of hydrogen-bond donors (Lipinski definition) is 2. The second kappa shape index (κ2) is 6.43. The van der Waals surface area contributed by atoms with Gasteiger partial charge in [0.1, 0.15) is 4.90 Å². The molecule has 3 N–H and O–H groups in total. The molecule has 0 aliphatic rings. The lowest BCUT2D eigenvalue weighted by atomic mass is 10.5. The quantitative estimate of drug-likeness (QED) is 0.575. The minimum Gasteiger partial charge on any atom is -0.383 e. The number of ether oxygens (including phenoxy) is 1. The van der Waals surface area contributed by atoms with Crippen molar-refractivity contribution in [1.29, 1.82) is 0 Å². The molecule has 1 rings (SSSR count). The number of nitrogens with one attached hydrogen (secondary N) is 1. The maximum absolute atomic E-state index is 12.3. The third-order valence-corrected chi connectivity index (χ3v) is 4.56. The van der Waals surface area contributed by atoms with E-state index >= 15 is 0 Å². The highest BCUT2D eigenvalue weighted by atomic mass is 79.9. The molecule has 0 bridgehead atoms. The molecule has 0 unspecified atom stereocenters.